The van der Waals surface area contributed by atoms with Crippen molar-refractivity contribution in [3.8, 4) is 5.75 Å². The fraction of sp³-hybridized carbons (Fsp3) is 0.471. The number of fused-ring (bicyclic) bond motifs is 1. The van der Waals surface area contributed by atoms with E-state index in [2.05, 4.69) is 5.32 Å². The fourth-order valence-electron chi connectivity index (χ4n) is 2.38. The number of anilines is 1. The van der Waals surface area contributed by atoms with Gasteiger partial charge in [0.05, 0.1) is 5.69 Å². The number of ketones is 1. The quantitative estimate of drug-likeness (QED) is 0.840. The van der Waals surface area contributed by atoms with Gasteiger partial charge in [-0.25, -0.2) is 0 Å². The van der Waals surface area contributed by atoms with Crippen LogP contribution in [0.5, 0.6) is 5.75 Å². The number of rotatable bonds is 5. The van der Waals surface area contributed by atoms with Crippen LogP contribution in [0.1, 0.15) is 38.1 Å². The zero-order valence-corrected chi connectivity index (χ0v) is 13.9. The number of nitrogens with zero attached hydrogens (tertiary/aromatic N) is 1. The molecule has 0 bridgehead atoms. The summed E-state index contributed by atoms with van der Waals surface area (Å²) in [5.74, 6) is 0.183. The van der Waals surface area contributed by atoms with Crippen LogP contribution in [0.25, 0.3) is 0 Å². The van der Waals surface area contributed by atoms with E-state index in [1.807, 2.05) is 13.8 Å². The van der Waals surface area contributed by atoms with Gasteiger partial charge < -0.3 is 10.1 Å². The van der Waals surface area contributed by atoms with Gasteiger partial charge in [-0.2, -0.15) is 0 Å². The molecule has 1 aliphatic rings. The summed E-state index contributed by atoms with van der Waals surface area (Å²) in [6.07, 6.45) is 0. The molecule has 1 aromatic rings. The third kappa shape index (κ3) is 3.70. The lowest BCUT2D eigenvalue weighted by atomic mass is 10.1. The molecular formula is C17H22N2O4. The molecule has 0 aliphatic carbocycles. The Bertz CT molecular complexity index is 639. The molecule has 0 saturated heterocycles. The monoisotopic (exact) mass is 318 g/mol. The molecule has 124 valence electrons. The highest BCUT2D eigenvalue weighted by Crippen LogP contribution is 2.34. The molecule has 1 aromatic carbocycles. The SMILES string of the molecule is CC(=O)c1ccc2c(c1)N(C(C)C(=O)NCC(C)C)C(=O)CO2. The lowest BCUT2D eigenvalue weighted by Crippen LogP contribution is -2.51. The Kier molecular flexibility index (Phi) is 5.03. The summed E-state index contributed by atoms with van der Waals surface area (Å²) in [5, 5.41) is 2.83. The van der Waals surface area contributed by atoms with Crippen molar-refractivity contribution in [3.63, 3.8) is 0 Å². The molecule has 0 aromatic heterocycles. The Hall–Kier alpha value is -2.37. The molecule has 1 heterocycles. The molecule has 2 rings (SSSR count). The van der Waals surface area contributed by atoms with Crippen LogP contribution in [0.4, 0.5) is 5.69 Å². The smallest absolute Gasteiger partial charge is 0.265 e. The molecular weight excluding hydrogens is 296 g/mol. The lowest BCUT2D eigenvalue weighted by Gasteiger charge is -2.33. The highest BCUT2D eigenvalue weighted by atomic mass is 16.5. The van der Waals surface area contributed by atoms with Crippen molar-refractivity contribution < 1.29 is 19.1 Å². The maximum atomic E-state index is 12.3. The van der Waals surface area contributed by atoms with Crippen LogP contribution in [0, 0.1) is 5.92 Å². The summed E-state index contributed by atoms with van der Waals surface area (Å²) < 4.78 is 5.39. The summed E-state index contributed by atoms with van der Waals surface area (Å²) in [5.41, 5.74) is 0.933. The van der Waals surface area contributed by atoms with Gasteiger partial charge in [0.1, 0.15) is 11.8 Å². The second-order valence-electron chi connectivity index (χ2n) is 6.11. The molecule has 1 unspecified atom stereocenters. The van der Waals surface area contributed by atoms with E-state index in [1.165, 1.54) is 11.8 Å². The first-order valence-corrected chi connectivity index (χ1v) is 7.68. The molecule has 6 heteroatoms. The number of amides is 2. The normalized spacial score (nSPS) is 15.0. The summed E-state index contributed by atoms with van der Waals surface area (Å²) >= 11 is 0. The van der Waals surface area contributed by atoms with E-state index in [0.717, 1.165) is 0 Å². The summed E-state index contributed by atoms with van der Waals surface area (Å²) in [7, 11) is 0. The molecule has 0 fully saturated rings. The second kappa shape index (κ2) is 6.81. The first-order valence-electron chi connectivity index (χ1n) is 7.68. The first kappa shape index (κ1) is 17.0. The first-order chi connectivity index (χ1) is 10.8. The molecule has 0 spiro atoms. The Morgan fingerprint density at radius 3 is 2.61 bits per heavy atom. The molecule has 6 nitrogen and oxygen atoms in total. The van der Waals surface area contributed by atoms with Crippen molar-refractivity contribution in [3.05, 3.63) is 23.8 Å². The van der Waals surface area contributed by atoms with E-state index >= 15 is 0 Å². The fourth-order valence-corrected chi connectivity index (χ4v) is 2.38. The largest absolute Gasteiger partial charge is 0.482 e. The van der Waals surface area contributed by atoms with Crippen LogP contribution in [-0.4, -0.2) is 36.8 Å². The van der Waals surface area contributed by atoms with Crippen LogP contribution in [0.3, 0.4) is 0 Å². The predicted octanol–water partition coefficient (Wildman–Crippen LogP) is 1.78. The number of carbonyl (C=O) groups excluding carboxylic acids is 3. The van der Waals surface area contributed by atoms with Gasteiger partial charge in [-0.3, -0.25) is 19.3 Å². The maximum Gasteiger partial charge on any atom is 0.265 e. The summed E-state index contributed by atoms with van der Waals surface area (Å²) in [6.45, 7) is 7.55. The molecule has 0 saturated carbocycles. The van der Waals surface area contributed by atoms with Crippen molar-refractivity contribution in [1.29, 1.82) is 0 Å². The van der Waals surface area contributed by atoms with Crippen molar-refractivity contribution >= 4 is 23.3 Å². The Morgan fingerprint density at radius 1 is 1.30 bits per heavy atom. The minimum absolute atomic E-state index is 0.109. The highest BCUT2D eigenvalue weighted by Gasteiger charge is 2.33. The number of hydrogen-bond acceptors (Lipinski definition) is 4. The molecule has 1 N–H and O–H groups in total. The Balaban J connectivity index is 2.31. The van der Waals surface area contributed by atoms with Crippen molar-refractivity contribution in [2.75, 3.05) is 18.1 Å². The van der Waals surface area contributed by atoms with Gasteiger partial charge >= 0.3 is 0 Å². The standard InChI is InChI=1S/C17H22N2O4/c1-10(2)8-18-17(22)11(3)19-14-7-13(12(4)20)5-6-15(14)23-9-16(19)21/h5-7,10-11H,8-9H2,1-4H3,(H,18,22). The van der Waals surface area contributed by atoms with Crippen LogP contribution in [0.2, 0.25) is 0 Å². The zero-order valence-electron chi connectivity index (χ0n) is 13.9. The van der Waals surface area contributed by atoms with Gasteiger partial charge in [-0.15, -0.1) is 0 Å². The number of ether oxygens (including phenoxy) is 1. The number of benzene rings is 1. The van der Waals surface area contributed by atoms with E-state index in [4.69, 9.17) is 4.74 Å². The van der Waals surface area contributed by atoms with Gasteiger partial charge in [0.2, 0.25) is 5.91 Å². The summed E-state index contributed by atoms with van der Waals surface area (Å²) in [6, 6.07) is 4.23. The van der Waals surface area contributed by atoms with Crippen LogP contribution < -0.4 is 15.0 Å². The van der Waals surface area contributed by atoms with Crippen molar-refractivity contribution in [1.82, 2.24) is 5.32 Å². The number of carbonyl (C=O) groups is 3. The Morgan fingerprint density at radius 2 is 2.00 bits per heavy atom. The lowest BCUT2D eigenvalue weighted by molar-refractivity contribution is -0.127. The number of Topliss-reactive ketones (excluding diaryl/α,β-unsaturated/α-hetero) is 1. The maximum absolute atomic E-state index is 12.3. The average molecular weight is 318 g/mol. The van der Waals surface area contributed by atoms with E-state index in [9.17, 15) is 14.4 Å². The molecule has 1 atom stereocenters. The zero-order chi connectivity index (χ0) is 17.1. The predicted molar refractivity (Wildman–Crippen MR) is 86.7 cm³/mol. The van der Waals surface area contributed by atoms with Gasteiger partial charge in [-0.05, 0) is 38.0 Å². The van der Waals surface area contributed by atoms with Crippen molar-refractivity contribution in [2.45, 2.75) is 33.7 Å². The molecule has 1 aliphatic heterocycles. The minimum Gasteiger partial charge on any atom is -0.482 e. The number of hydrogen-bond donors (Lipinski definition) is 1. The minimum atomic E-state index is -0.675. The van der Waals surface area contributed by atoms with Gasteiger partial charge in [0.25, 0.3) is 5.91 Å². The van der Waals surface area contributed by atoms with E-state index in [0.29, 0.717) is 29.5 Å². The third-order valence-electron chi connectivity index (χ3n) is 3.70. The average Bonchev–Trinajstić information content (AvgIpc) is 2.51. The molecule has 2 amide bonds. The van der Waals surface area contributed by atoms with Gasteiger partial charge in [0, 0.05) is 12.1 Å². The van der Waals surface area contributed by atoms with E-state index in [-0.39, 0.29) is 24.2 Å². The number of nitrogens with one attached hydrogen (secondary N) is 1. The highest BCUT2D eigenvalue weighted by molar-refractivity contribution is 6.05. The van der Waals surface area contributed by atoms with E-state index < -0.39 is 6.04 Å². The molecule has 23 heavy (non-hydrogen) atoms. The van der Waals surface area contributed by atoms with Crippen LogP contribution >= 0.6 is 0 Å². The van der Waals surface area contributed by atoms with Crippen LogP contribution in [0.15, 0.2) is 18.2 Å². The topological polar surface area (TPSA) is 75.7 Å². The Labute approximate surface area is 135 Å². The second-order valence-corrected chi connectivity index (χ2v) is 6.11. The van der Waals surface area contributed by atoms with Crippen LogP contribution in [-0.2, 0) is 9.59 Å². The van der Waals surface area contributed by atoms with E-state index in [1.54, 1.807) is 25.1 Å². The third-order valence-corrected chi connectivity index (χ3v) is 3.70. The summed E-state index contributed by atoms with van der Waals surface area (Å²) in [4.78, 5) is 37.5. The molecule has 0 radical (unpaired) electrons. The van der Waals surface area contributed by atoms with Gasteiger partial charge in [0.15, 0.2) is 12.4 Å². The van der Waals surface area contributed by atoms with Crippen molar-refractivity contribution in [2.24, 2.45) is 5.92 Å². The van der Waals surface area contributed by atoms with Gasteiger partial charge in [-0.1, -0.05) is 13.8 Å².